The number of carbonyl (C=O) groups excluding carboxylic acids is 1. The van der Waals surface area contributed by atoms with Crippen molar-refractivity contribution in [1.29, 1.82) is 5.26 Å². The number of rotatable bonds is 3. The molecular weight excluding hydrogens is 178 g/mol. The van der Waals surface area contributed by atoms with Crippen molar-refractivity contribution >= 4 is 5.91 Å². The van der Waals surface area contributed by atoms with E-state index in [4.69, 9.17) is 5.26 Å². The normalized spacial score (nSPS) is 19.7. The van der Waals surface area contributed by atoms with Gasteiger partial charge in [-0.2, -0.15) is 5.26 Å². The number of nitriles is 1. The van der Waals surface area contributed by atoms with Crippen molar-refractivity contribution < 1.29 is 4.79 Å². The van der Waals surface area contributed by atoms with Crippen LogP contribution in [0.4, 0.5) is 0 Å². The van der Waals surface area contributed by atoms with E-state index in [0.717, 1.165) is 25.7 Å². The van der Waals surface area contributed by atoms with Gasteiger partial charge in [0.25, 0.3) is 0 Å². The van der Waals surface area contributed by atoms with Crippen molar-refractivity contribution in [2.45, 2.75) is 37.6 Å². The van der Waals surface area contributed by atoms with Crippen LogP contribution in [0.5, 0.6) is 0 Å². The molecule has 1 amide bonds. The number of likely N-dealkylation sites (N-methyl/N-ethyl adjacent to an activating group) is 1. The summed E-state index contributed by atoms with van der Waals surface area (Å²) in [6.45, 7) is 0.0995. The minimum Gasteiger partial charge on any atom is -0.341 e. The van der Waals surface area contributed by atoms with Gasteiger partial charge in [-0.15, -0.1) is 0 Å². The minimum absolute atomic E-state index is 0.0266. The average molecular weight is 195 g/mol. The largest absolute Gasteiger partial charge is 0.341 e. The molecule has 4 nitrogen and oxygen atoms in total. The Morgan fingerprint density at radius 1 is 1.43 bits per heavy atom. The first-order chi connectivity index (χ1) is 6.75. The summed E-state index contributed by atoms with van der Waals surface area (Å²) in [7, 11) is 1.82. The van der Waals surface area contributed by atoms with Crippen LogP contribution in [-0.4, -0.2) is 25.0 Å². The number of hydrogen-bond acceptors (Lipinski definition) is 3. The molecule has 0 bridgehead atoms. The maximum Gasteiger partial charge on any atom is 0.241 e. The SMILES string of the molecule is CNC1(C(=O)NCC#N)CCCCC1. The average Bonchev–Trinajstić information content (AvgIpc) is 2.26. The Hall–Kier alpha value is -1.08. The number of nitrogens with zero attached hydrogens (tertiary/aromatic N) is 1. The van der Waals surface area contributed by atoms with Crippen LogP contribution < -0.4 is 10.6 Å². The molecule has 4 heteroatoms. The summed E-state index contributed by atoms with van der Waals surface area (Å²) < 4.78 is 0. The number of nitrogens with one attached hydrogen (secondary N) is 2. The quantitative estimate of drug-likeness (QED) is 0.646. The zero-order valence-corrected chi connectivity index (χ0v) is 8.60. The molecule has 0 spiro atoms. The van der Waals surface area contributed by atoms with E-state index >= 15 is 0 Å². The molecule has 2 N–H and O–H groups in total. The first-order valence-corrected chi connectivity index (χ1v) is 5.09. The molecule has 0 heterocycles. The smallest absolute Gasteiger partial charge is 0.241 e. The molecule has 0 aromatic heterocycles. The molecule has 1 saturated carbocycles. The van der Waals surface area contributed by atoms with Crippen LogP contribution in [0.3, 0.4) is 0 Å². The summed E-state index contributed by atoms with van der Waals surface area (Å²) in [4.78, 5) is 11.8. The number of carbonyl (C=O) groups is 1. The number of hydrogen-bond donors (Lipinski definition) is 2. The van der Waals surface area contributed by atoms with Crippen LogP contribution in [0.2, 0.25) is 0 Å². The second-order valence-electron chi connectivity index (χ2n) is 3.73. The third kappa shape index (κ3) is 2.24. The van der Waals surface area contributed by atoms with Crippen molar-refractivity contribution in [2.75, 3.05) is 13.6 Å². The van der Waals surface area contributed by atoms with Gasteiger partial charge < -0.3 is 10.6 Å². The summed E-state index contributed by atoms with van der Waals surface area (Å²) in [5.41, 5.74) is -0.422. The second-order valence-corrected chi connectivity index (χ2v) is 3.73. The number of amides is 1. The molecule has 1 fully saturated rings. The van der Waals surface area contributed by atoms with E-state index in [1.807, 2.05) is 13.1 Å². The lowest BCUT2D eigenvalue weighted by Gasteiger charge is -2.35. The maximum atomic E-state index is 11.8. The minimum atomic E-state index is -0.422. The predicted octanol–water partition coefficient (Wildman–Crippen LogP) is 0.548. The fourth-order valence-electron chi connectivity index (χ4n) is 2.03. The Morgan fingerprint density at radius 3 is 2.57 bits per heavy atom. The highest BCUT2D eigenvalue weighted by Crippen LogP contribution is 2.27. The van der Waals surface area contributed by atoms with Crippen LogP contribution in [-0.2, 0) is 4.79 Å². The Kier molecular flexibility index (Phi) is 3.90. The van der Waals surface area contributed by atoms with Gasteiger partial charge in [0.2, 0.25) is 5.91 Å². The first-order valence-electron chi connectivity index (χ1n) is 5.09. The van der Waals surface area contributed by atoms with Crippen molar-refractivity contribution in [3.63, 3.8) is 0 Å². The van der Waals surface area contributed by atoms with E-state index in [1.165, 1.54) is 6.42 Å². The van der Waals surface area contributed by atoms with Gasteiger partial charge in [0.05, 0.1) is 11.6 Å². The van der Waals surface area contributed by atoms with Gasteiger partial charge in [-0.1, -0.05) is 19.3 Å². The van der Waals surface area contributed by atoms with Crippen LogP contribution >= 0.6 is 0 Å². The molecule has 1 aliphatic rings. The van der Waals surface area contributed by atoms with Gasteiger partial charge in [-0.3, -0.25) is 4.79 Å². The maximum absolute atomic E-state index is 11.8. The Morgan fingerprint density at radius 2 is 2.07 bits per heavy atom. The third-order valence-corrected chi connectivity index (χ3v) is 2.95. The van der Waals surface area contributed by atoms with Crippen LogP contribution in [0, 0.1) is 11.3 Å². The summed E-state index contributed by atoms with van der Waals surface area (Å²) in [5, 5.41) is 14.1. The summed E-state index contributed by atoms with van der Waals surface area (Å²) in [6.07, 6.45) is 5.12. The molecule has 0 radical (unpaired) electrons. The topological polar surface area (TPSA) is 64.9 Å². The van der Waals surface area contributed by atoms with E-state index in [0.29, 0.717) is 0 Å². The fraction of sp³-hybridized carbons (Fsp3) is 0.800. The Labute approximate surface area is 84.7 Å². The second kappa shape index (κ2) is 4.97. The highest BCUT2D eigenvalue weighted by Gasteiger charge is 2.37. The fourth-order valence-corrected chi connectivity index (χ4v) is 2.03. The molecule has 1 rings (SSSR count). The molecule has 0 saturated heterocycles. The molecule has 14 heavy (non-hydrogen) atoms. The third-order valence-electron chi connectivity index (χ3n) is 2.95. The van der Waals surface area contributed by atoms with Crippen LogP contribution in [0.15, 0.2) is 0 Å². The van der Waals surface area contributed by atoms with Crippen LogP contribution in [0.25, 0.3) is 0 Å². The molecular formula is C10H17N3O. The molecule has 0 atom stereocenters. The highest BCUT2D eigenvalue weighted by atomic mass is 16.2. The molecule has 0 aromatic rings. The van der Waals surface area contributed by atoms with Gasteiger partial charge >= 0.3 is 0 Å². The van der Waals surface area contributed by atoms with E-state index in [9.17, 15) is 4.79 Å². The van der Waals surface area contributed by atoms with E-state index in [2.05, 4.69) is 10.6 Å². The van der Waals surface area contributed by atoms with Crippen LogP contribution in [0.1, 0.15) is 32.1 Å². The lowest BCUT2D eigenvalue weighted by Crippen LogP contribution is -2.56. The van der Waals surface area contributed by atoms with Gasteiger partial charge in [0, 0.05) is 0 Å². The standard InChI is InChI=1S/C10H17N3O/c1-12-10(5-3-2-4-6-10)9(14)13-8-7-11/h12H,2-6,8H2,1H3,(H,13,14). The van der Waals surface area contributed by atoms with Gasteiger partial charge in [-0.05, 0) is 19.9 Å². The molecule has 78 valence electrons. The van der Waals surface area contributed by atoms with Gasteiger partial charge in [0.15, 0.2) is 0 Å². The molecule has 1 aliphatic carbocycles. The van der Waals surface area contributed by atoms with E-state index in [-0.39, 0.29) is 12.5 Å². The van der Waals surface area contributed by atoms with Gasteiger partial charge in [-0.25, -0.2) is 0 Å². The Bertz CT molecular complexity index is 238. The Balaban J connectivity index is 2.58. The van der Waals surface area contributed by atoms with Crippen molar-refractivity contribution in [1.82, 2.24) is 10.6 Å². The summed E-state index contributed by atoms with van der Waals surface area (Å²) in [6, 6.07) is 1.92. The summed E-state index contributed by atoms with van der Waals surface area (Å²) in [5.74, 6) is -0.0266. The zero-order valence-electron chi connectivity index (χ0n) is 8.60. The van der Waals surface area contributed by atoms with Crippen molar-refractivity contribution in [2.24, 2.45) is 0 Å². The summed E-state index contributed by atoms with van der Waals surface area (Å²) >= 11 is 0. The van der Waals surface area contributed by atoms with E-state index in [1.54, 1.807) is 0 Å². The first kappa shape index (κ1) is 11.0. The zero-order chi connectivity index (χ0) is 10.4. The highest BCUT2D eigenvalue weighted by molar-refractivity contribution is 5.86. The molecule has 0 aliphatic heterocycles. The molecule has 0 unspecified atom stereocenters. The lowest BCUT2D eigenvalue weighted by molar-refractivity contribution is -0.128. The monoisotopic (exact) mass is 195 g/mol. The van der Waals surface area contributed by atoms with Gasteiger partial charge in [0.1, 0.15) is 6.54 Å². The lowest BCUT2D eigenvalue weighted by atomic mass is 9.81. The van der Waals surface area contributed by atoms with Crippen molar-refractivity contribution in [3.8, 4) is 6.07 Å². The molecule has 0 aromatic carbocycles. The van der Waals surface area contributed by atoms with E-state index < -0.39 is 5.54 Å². The van der Waals surface area contributed by atoms with Crippen molar-refractivity contribution in [3.05, 3.63) is 0 Å². The predicted molar refractivity (Wildman–Crippen MR) is 53.5 cm³/mol.